The van der Waals surface area contributed by atoms with Gasteiger partial charge in [0.15, 0.2) is 0 Å². The lowest BCUT2D eigenvalue weighted by atomic mass is 10.1. The molecule has 0 atom stereocenters. The second kappa shape index (κ2) is 8.31. The van der Waals surface area contributed by atoms with Crippen LogP contribution in [-0.2, 0) is 0 Å². The number of benzene rings is 2. The lowest BCUT2D eigenvalue weighted by Gasteiger charge is -2.26. The third kappa shape index (κ3) is 4.49. The van der Waals surface area contributed by atoms with Gasteiger partial charge in [-0.3, -0.25) is 0 Å². The van der Waals surface area contributed by atoms with E-state index >= 15 is 0 Å². The lowest BCUT2D eigenvalue weighted by Crippen LogP contribution is -2.14. The van der Waals surface area contributed by atoms with E-state index in [9.17, 15) is 0 Å². The molecule has 2 aromatic rings. The second-order valence-electron chi connectivity index (χ2n) is 5.35. The maximum absolute atomic E-state index is 2.36. The highest BCUT2D eigenvalue weighted by atomic mass is 15.1. The Hall–Kier alpha value is -2.02. The molecule has 0 aliphatic carbocycles. The molecule has 21 heavy (non-hydrogen) atoms. The Morgan fingerprint density at radius 3 is 1.86 bits per heavy atom. The van der Waals surface area contributed by atoms with E-state index in [2.05, 4.69) is 85.5 Å². The molecular formula is C20H25N. The molecule has 2 aromatic carbocycles. The predicted octanol–water partition coefficient (Wildman–Crippen LogP) is 6.31. The second-order valence-corrected chi connectivity index (χ2v) is 5.35. The van der Waals surface area contributed by atoms with Gasteiger partial charge < -0.3 is 4.90 Å². The van der Waals surface area contributed by atoms with E-state index < -0.39 is 0 Å². The standard InChI is InChI=1S/C20H25N/c1-3-4-5-8-13-18(2)21(19-14-9-6-10-15-19)20-16-11-7-12-17-20/h6-7,9-17H,3-5,8H2,1-2H3/b18-13-. The first-order valence-electron chi connectivity index (χ1n) is 7.90. The molecular weight excluding hydrogens is 254 g/mol. The van der Waals surface area contributed by atoms with E-state index in [0.29, 0.717) is 0 Å². The van der Waals surface area contributed by atoms with Crippen LogP contribution in [0.1, 0.15) is 39.5 Å². The summed E-state index contributed by atoms with van der Waals surface area (Å²) in [4.78, 5) is 2.33. The fraction of sp³-hybridized carbons (Fsp3) is 0.300. The summed E-state index contributed by atoms with van der Waals surface area (Å²) < 4.78 is 0. The molecule has 0 unspecified atom stereocenters. The molecule has 0 amide bonds. The van der Waals surface area contributed by atoms with Crippen molar-refractivity contribution in [3.63, 3.8) is 0 Å². The SMILES string of the molecule is CCCCC/C=C(/C)N(c1ccccc1)c1ccccc1. The largest absolute Gasteiger partial charge is 0.315 e. The quantitative estimate of drug-likeness (QED) is 0.537. The number of para-hydroxylation sites is 2. The van der Waals surface area contributed by atoms with Gasteiger partial charge in [-0.1, -0.05) is 62.2 Å². The Morgan fingerprint density at radius 2 is 1.38 bits per heavy atom. The molecule has 0 heterocycles. The lowest BCUT2D eigenvalue weighted by molar-refractivity contribution is 0.726. The summed E-state index contributed by atoms with van der Waals surface area (Å²) in [5.41, 5.74) is 3.73. The summed E-state index contributed by atoms with van der Waals surface area (Å²) >= 11 is 0. The van der Waals surface area contributed by atoms with Crippen LogP contribution >= 0.6 is 0 Å². The first-order chi connectivity index (χ1) is 10.3. The zero-order chi connectivity index (χ0) is 14.9. The summed E-state index contributed by atoms with van der Waals surface area (Å²) in [6, 6.07) is 21.1. The minimum Gasteiger partial charge on any atom is -0.315 e. The van der Waals surface area contributed by atoms with Crippen LogP contribution in [0.3, 0.4) is 0 Å². The molecule has 0 radical (unpaired) electrons. The molecule has 0 saturated carbocycles. The van der Waals surface area contributed by atoms with Crippen molar-refractivity contribution in [2.75, 3.05) is 4.90 Å². The van der Waals surface area contributed by atoms with Gasteiger partial charge in [0, 0.05) is 17.1 Å². The molecule has 0 bridgehead atoms. The van der Waals surface area contributed by atoms with Crippen molar-refractivity contribution >= 4 is 11.4 Å². The zero-order valence-corrected chi connectivity index (χ0v) is 13.1. The van der Waals surface area contributed by atoms with Gasteiger partial charge in [-0.2, -0.15) is 0 Å². The number of rotatable bonds is 7. The van der Waals surface area contributed by atoms with Gasteiger partial charge >= 0.3 is 0 Å². The summed E-state index contributed by atoms with van der Waals surface area (Å²) in [6.07, 6.45) is 7.35. The van der Waals surface area contributed by atoms with Crippen LogP contribution in [-0.4, -0.2) is 0 Å². The Morgan fingerprint density at radius 1 is 0.857 bits per heavy atom. The Kier molecular flexibility index (Phi) is 6.08. The Bertz CT molecular complexity index is 503. The van der Waals surface area contributed by atoms with Gasteiger partial charge in [0.25, 0.3) is 0 Å². The van der Waals surface area contributed by atoms with Crippen molar-refractivity contribution < 1.29 is 0 Å². The first-order valence-corrected chi connectivity index (χ1v) is 7.90. The van der Waals surface area contributed by atoms with Crippen molar-refractivity contribution in [2.24, 2.45) is 0 Å². The monoisotopic (exact) mass is 279 g/mol. The van der Waals surface area contributed by atoms with Crippen molar-refractivity contribution in [2.45, 2.75) is 39.5 Å². The van der Waals surface area contributed by atoms with Crippen LogP contribution in [0, 0.1) is 0 Å². The highest BCUT2D eigenvalue weighted by Gasteiger charge is 2.10. The van der Waals surface area contributed by atoms with Crippen molar-refractivity contribution in [1.29, 1.82) is 0 Å². The molecule has 0 N–H and O–H groups in total. The molecule has 0 saturated heterocycles. The van der Waals surface area contributed by atoms with E-state index in [-0.39, 0.29) is 0 Å². The summed E-state index contributed by atoms with van der Waals surface area (Å²) in [6.45, 7) is 4.45. The number of allylic oxidation sites excluding steroid dienone is 2. The molecule has 0 aliphatic heterocycles. The minimum absolute atomic E-state index is 1.15. The van der Waals surface area contributed by atoms with Crippen molar-refractivity contribution in [1.82, 2.24) is 0 Å². The molecule has 1 heteroatoms. The van der Waals surface area contributed by atoms with E-state index in [4.69, 9.17) is 0 Å². The number of hydrogen-bond acceptors (Lipinski definition) is 1. The first kappa shape index (κ1) is 15.4. The normalized spacial score (nSPS) is 11.4. The number of nitrogens with zero attached hydrogens (tertiary/aromatic N) is 1. The summed E-state index contributed by atoms with van der Waals surface area (Å²) in [5, 5.41) is 0. The summed E-state index contributed by atoms with van der Waals surface area (Å²) in [5.74, 6) is 0. The smallest absolute Gasteiger partial charge is 0.0458 e. The van der Waals surface area contributed by atoms with Gasteiger partial charge in [-0.25, -0.2) is 0 Å². The molecule has 0 aliphatic rings. The van der Waals surface area contributed by atoms with Gasteiger partial charge in [0.2, 0.25) is 0 Å². The molecule has 2 rings (SSSR count). The van der Waals surface area contributed by atoms with Crippen LogP contribution in [0.4, 0.5) is 11.4 Å². The fourth-order valence-corrected chi connectivity index (χ4v) is 2.51. The third-order valence-electron chi connectivity index (χ3n) is 3.63. The van der Waals surface area contributed by atoms with Crippen LogP contribution < -0.4 is 4.90 Å². The zero-order valence-electron chi connectivity index (χ0n) is 13.1. The van der Waals surface area contributed by atoms with Gasteiger partial charge in [-0.15, -0.1) is 0 Å². The fourth-order valence-electron chi connectivity index (χ4n) is 2.51. The van der Waals surface area contributed by atoms with Crippen LogP contribution in [0.15, 0.2) is 72.4 Å². The van der Waals surface area contributed by atoms with Crippen molar-refractivity contribution in [3.05, 3.63) is 72.4 Å². The summed E-state index contributed by atoms with van der Waals surface area (Å²) in [7, 11) is 0. The predicted molar refractivity (Wildman–Crippen MR) is 92.9 cm³/mol. The van der Waals surface area contributed by atoms with Crippen LogP contribution in [0.25, 0.3) is 0 Å². The molecule has 1 nitrogen and oxygen atoms in total. The van der Waals surface area contributed by atoms with Gasteiger partial charge in [0.1, 0.15) is 0 Å². The van der Waals surface area contributed by atoms with E-state index in [1.165, 1.54) is 36.3 Å². The maximum Gasteiger partial charge on any atom is 0.0458 e. The molecule has 0 spiro atoms. The minimum atomic E-state index is 1.15. The maximum atomic E-state index is 2.36. The molecule has 110 valence electrons. The average Bonchev–Trinajstić information content (AvgIpc) is 2.54. The van der Waals surface area contributed by atoms with E-state index in [1.54, 1.807) is 0 Å². The van der Waals surface area contributed by atoms with Gasteiger partial charge in [-0.05, 0) is 44.0 Å². The van der Waals surface area contributed by atoms with Gasteiger partial charge in [0.05, 0.1) is 0 Å². The Labute approximate surface area is 128 Å². The third-order valence-corrected chi connectivity index (χ3v) is 3.63. The average molecular weight is 279 g/mol. The topological polar surface area (TPSA) is 3.24 Å². The Balaban J connectivity index is 2.24. The number of unbranched alkanes of at least 4 members (excludes halogenated alkanes) is 3. The van der Waals surface area contributed by atoms with E-state index in [0.717, 1.165) is 6.42 Å². The molecule has 0 aromatic heterocycles. The number of hydrogen-bond donors (Lipinski definition) is 0. The molecule has 0 fully saturated rings. The highest BCUT2D eigenvalue weighted by Crippen LogP contribution is 2.29. The number of anilines is 2. The highest BCUT2D eigenvalue weighted by molar-refractivity contribution is 5.67. The van der Waals surface area contributed by atoms with Crippen LogP contribution in [0.2, 0.25) is 0 Å². The van der Waals surface area contributed by atoms with Crippen LogP contribution in [0.5, 0.6) is 0 Å². The van der Waals surface area contributed by atoms with Crippen molar-refractivity contribution in [3.8, 4) is 0 Å². The van der Waals surface area contributed by atoms with E-state index in [1.807, 2.05) is 0 Å².